The molecule has 334 valence electrons. The van der Waals surface area contributed by atoms with Crippen LogP contribution in [0.1, 0.15) is 93.1 Å². The molecule has 0 aromatic heterocycles. The molecule has 3 fully saturated rings. The molecule has 7 rings (SSSR count). The first kappa shape index (κ1) is 45.3. The maximum absolute atomic E-state index is 15.6. The Kier molecular flexibility index (Phi) is 12.3. The molecule has 2 saturated carbocycles. The van der Waals surface area contributed by atoms with Gasteiger partial charge in [-0.25, -0.2) is 9.59 Å². The molecular formula is C48H53NO14. The summed E-state index contributed by atoms with van der Waals surface area (Å²) >= 11 is 0. The van der Waals surface area contributed by atoms with Crippen LogP contribution in [0.25, 0.3) is 0 Å². The predicted molar refractivity (Wildman–Crippen MR) is 222 cm³/mol. The number of ether oxygens (including phenoxy) is 5. The second-order valence-electron chi connectivity index (χ2n) is 17.6. The number of aliphatic hydroxyl groups excluding tert-OH is 2. The molecule has 15 nitrogen and oxygen atoms in total. The van der Waals surface area contributed by atoms with Crippen LogP contribution in [0, 0.1) is 16.7 Å². The second kappa shape index (κ2) is 17.1. The lowest BCUT2D eigenvalue weighted by atomic mass is 9.44. The van der Waals surface area contributed by atoms with Gasteiger partial charge < -0.3 is 44.3 Å². The van der Waals surface area contributed by atoms with Crippen LogP contribution in [-0.4, -0.2) is 105 Å². The zero-order chi connectivity index (χ0) is 45.6. The number of Topliss-reactive ketones (excluding diaryl/α,β-unsaturated/α-hetero) is 1. The van der Waals surface area contributed by atoms with E-state index in [1.54, 1.807) is 99.6 Å². The number of ketones is 1. The lowest BCUT2D eigenvalue weighted by molar-refractivity contribution is -0.346. The lowest BCUT2D eigenvalue weighted by Gasteiger charge is -2.67. The largest absolute Gasteiger partial charge is 0.456 e. The monoisotopic (exact) mass is 867 g/mol. The molecule has 0 radical (unpaired) electrons. The molecule has 2 bridgehead atoms. The van der Waals surface area contributed by atoms with Gasteiger partial charge in [0.05, 0.1) is 35.6 Å². The number of hydrogen-bond acceptors (Lipinski definition) is 14. The fraction of sp³-hybridized carbons (Fsp3) is 0.458. The van der Waals surface area contributed by atoms with E-state index in [2.05, 4.69) is 5.32 Å². The number of benzene rings is 3. The number of carbonyl (C=O) groups excluding carboxylic acids is 6. The molecule has 1 saturated heterocycles. The molecule has 4 N–H and O–H groups in total. The van der Waals surface area contributed by atoms with Gasteiger partial charge in [-0.15, -0.1) is 0 Å². The van der Waals surface area contributed by atoms with E-state index in [-0.39, 0.29) is 41.7 Å². The fourth-order valence-electron chi connectivity index (χ4n) is 10.2. The lowest BCUT2D eigenvalue weighted by Crippen LogP contribution is -2.82. The summed E-state index contributed by atoms with van der Waals surface area (Å²) in [4.78, 5) is 84.0. The topological polar surface area (TPSA) is 221 Å². The Morgan fingerprint density at radius 2 is 1.46 bits per heavy atom. The van der Waals surface area contributed by atoms with Crippen molar-refractivity contribution in [3.05, 3.63) is 119 Å². The molecule has 2 unspecified atom stereocenters. The van der Waals surface area contributed by atoms with Crippen molar-refractivity contribution >= 4 is 35.6 Å². The van der Waals surface area contributed by atoms with Crippen molar-refractivity contribution in [2.45, 2.75) is 115 Å². The third-order valence-electron chi connectivity index (χ3n) is 13.7. The van der Waals surface area contributed by atoms with Crippen LogP contribution >= 0.6 is 0 Å². The molecule has 63 heavy (non-hydrogen) atoms. The van der Waals surface area contributed by atoms with E-state index in [4.69, 9.17) is 23.7 Å². The van der Waals surface area contributed by atoms with Gasteiger partial charge in [0.15, 0.2) is 23.6 Å². The summed E-state index contributed by atoms with van der Waals surface area (Å²) in [7, 11) is 0. The Hall–Kier alpha value is -5.74. The second-order valence-corrected chi connectivity index (χ2v) is 17.6. The Bertz CT molecular complexity index is 2300. The van der Waals surface area contributed by atoms with Crippen LogP contribution in [0.15, 0.2) is 102 Å². The maximum atomic E-state index is 15.6. The normalized spacial score (nSPS) is 31.5. The van der Waals surface area contributed by atoms with Gasteiger partial charge in [-0.2, -0.15) is 0 Å². The zero-order valence-corrected chi connectivity index (χ0v) is 35.9. The SMILES string of the molecule is CCC(=O)O[C@@]12CO[C@@H]1C[C@H](O)[C@@]1(C)C(=O)[C@H](OC(C)=O)C3=C(C)[C@@H](OC(=O)[C@H](O)C(NC(=O)c4ccccc4)c4ccccc4)C[C@@](O)([C@@H](OC(=O)c4ccccc4)C12)C3(C)C. The smallest absolute Gasteiger partial charge is 0.338 e. The van der Waals surface area contributed by atoms with E-state index in [0.717, 1.165) is 6.92 Å². The first-order chi connectivity index (χ1) is 29.8. The Labute approximate surface area is 364 Å². The van der Waals surface area contributed by atoms with Gasteiger partial charge in [-0.1, -0.05) is 87.5 Å². The van der Waals surface area contributed by atoms with Crippen LogP contribution in [0.4, 0.5) is 0 Å². The average Bonchev–Trinajstić information content (AvgIpc) is 3.26. The quantitative estimate of drug-likeness (QED) is 0.121. The molecule has 3 aromatic carbocycles. The molecule has 1 heterocycles. The van der Waals surface area contributed by atoms with Gasteiger partial charge in [0.25, 0.3) is 5.91 Å². The fourth-order valence-corrected chi connectivity index (χ4v) is 10.2. The van der Waals surface area contributed by atoms with Gasteiger partial charge in [-0.05, 0) is 54.8 Å². The molecule has 0 spiro atoms. The number of nitrogens with one attached hydrogen (secondary N) is 1. The van der Waals surface area contributed by atoms with Crippen LogP contribution in [0.2, 0.25) is 0 Å². The van der Waals surface area contributed by atoms with Crippen molar-refractivity contribution in [1.29, 1.82) is 0 Å². The highest BCUT2D eigenvalue weighted by atomic mass is 16.6. The van der Waals surface area contributed by atoms with Crippen LogP contribution in [0.5, 0.6) is 0 Å². The van der Waals surface area contributed by atoms with E-state index in [1.807, 2.05) is 0 Å². The van der Waals surface area contributed by atoms with Gasteiger partial charge in [0.2, 0.25) is 0 Å². The number of amides is 1. The van der Waals surface area contributed by atoms with Crippen molar-refractivity contribution in [1.82, 2.24) is 5.32 Å². The molecule has 3 aromatic rings. The predicted octanol–water partition coefficient (Wildman–Crippen LogP) is 4.13. The zero-order valence-electron chi connectivity index (χ0n) is 35.9. The summed E-state index contributed by atoms with van der Waals surface area (Å²) in [6, 6.07) is 23.0. The van der Waals surface area contributed by atoms with Gasteiger partial charge >= 0.3 is 23.9 Å². The molecule has 1 aliphatic heterocycles. The number of rotatable bonds is 11. The minimum absolute atomic E-state index is 0.0000458. The van der Waals surface area contributed by atoms with Crippen LogP contribution in [0.3, 0.4) is 0 Å². The number of carbonyl (C=O) groups is 6. The average molecular weight is 868 g/mol. The van der Waals surface area contributed by atoms with E-state index < -0.39 is 113 Å². The van der Waals surface area contributed by atoms with Crippen LogP contribution < -0.4 is 5.32 Å². The van der Waals surface area contributed by atoms with E-state index >= 15 is 4.79 Å². The summed E-state index contributed by atoms with van der Waals surface area (Å²) in [6.45, 7) is 8.43. The molecule has 15 heteroatoms. The maximum Gasteiger partial charge on any atom is 0.338 e. The summed E-state index contributed by atoms with van der Waals surface area (Å²) < 4.78 is 30.5. The van der Waals surface area contributed by atoms with Gasteiger partial charge in [0, 0.05) is 37.2 Å². The summed E-state index contributed by atoms with van der Waals surface area (Å²) in [5, 5.41) is 40.4. The van der Waals surface area contributed by atoms with E-state index in [0.29, 0.717) is 5.56 Å². The van der Waals surface area contributed by atoms with Gasteiger partial charge in [-0.3, -0.25) is 19.2 Å². The number of esters is 4. The highest BCUT2D eigenvalue weighted by molar-refractivity contribution is 5.96. The molecular weight excluding hydrogens is 815 g/mol. The minimum atomic E-state index is -2.39. The van der Waals surface area contributed by atoms with Crippen LogP contribution in [-0.2, 0) is 42.9 Å². The Balaban J connectivity index is 1.39. The summed E-state index contributed by atoms with van der Waals surface area (Å²) in [5.41, 5.74) is -7.01. The first-order valence-corrected chi connectivity index (χ1v) is 21.0. The number of fused-ring (bicyclic) bond motifs is 5. The standard InChI is InChI=1S/C48H53NO14/c1-7-34(52)63-47-25-59-33(47)23-32(51)46(6)39(47)41(62-43(56)30-21-15-10-16-22-30)48(58)24-31(26(2)35(45(48,4)5)38(40(46)54)60-27(3)50)61-44(57)37(53)36(28-17-11-8-12-18-28)49-42(55)29-19-13-9-14-20-29/h8-22,31-33,36-39,41,51,53,58H,7,23-25H2,1-6H3,(H,49,55)/t31-,32-,33+,36?,37+,38+,39?,41-,46+,47-,48+/m0/s1. The summed E-state index contributed by atoms with van der Waals surface area (Å²) in [6.07, 6.45) is -10.6. The first-order valence-electron chi connectivity index (χ1n) is 21.0. The highest BCUT2D eigenvalue weighted by Gasteiger charge is 2.78. The van der Waals surface area contributed by atoms with Crippen molar-refractivity contribution in [2.24, 2.45) is 16.7 Å². The molecule has 1 amide bonds. The van der Waals surface area contributed by atoms with Crippen molar-refractivity contribution in [2.75, 3.05) is 6.61 Å². The van der Waals surface area contributed by atoms with E-state index in [9.17, 15) is 39.3 Å². The molecule has 11 atom stereocenters. The minimum Gasteiger partial charge on any atom is -0.456 e. The molecule has 4 aliphatic rings. The summed E-state index contributed by atoms with van der Waals surface area (Å²) in [5.74, 6) is -6.74. The van der Waals surface area contributed by atoms with Crippen molar-refractivity contribution < 1.29 is 67.8 Å². The third-order valence-corrected chi connectivity index (χ3v) is 13.7. The molecule has 3 aliphatic carbocycles. The Morgan fingerprint density at radius 3 is 2.02 bits per heavy atom. The van der Waals surface area contributed by atoms with Crippen molar-refractivity contribution in [3.8, 4) is 0 Å². The number of aliphatic hydroxyl groups is 3. The number of hydrogen-bond donors (Lipinski definition) is 4. The third kappa shape index (κ3) is 7.64. The highest BCUT2D eigenvalue weighted by Crippen LogP contribution is 2.64. The van der Waals surface area contributed by atoms with E-state index in [1.165, 1.54) is 26.0 Å². The van der Waals surface area contributed by atoms with Crippen molar-refractivity contribution in [3.63, 3.8) is 0 Å². The Morgan fingerprint density at radius 1 is 0.873 bits per heavy atom. The van der Waals surface area contributed by atoms with Gasteiger partial charge in [0.1, 0.15) is 23.9 Å².